The maximum Gasteiger partial charge on any atom is 0.284 e. The summed E-state index contributed by atoms with van der Waals surface area (Å²) in [6.07, 6.45) is 0. The van der Waals surface area contributed by atoms with Gasteiger partial charge in [-0.15, -0.1) is 0 Å². The number of rotatable bonds is 4. The topological polar surface area (TPSA) is 14.1 Å². The molecule has 3 aromatic rings. The lowest BCUT2D eigenvalue weighted by Gasteiger charge is -1.98. The van der Waals surface area contributed by atoms with Crippen LogP contribution in [0.1, 0.15) is 16.7 Å². The molecule has 0 aliphatic carbocycles. The molecule has 0 heterocycles. The minimum absolute atomic E-state index is 0.694. The monoisotopic (exact) mass is 271 g/mol. The number of hydrogen-bond acceptors (Lipinski definition) is 1. The van der Waals surface area contributed by atoms with E-state index in [2.05, 4.69) is 72.8 Å². The first-order chi connectivity index (χ1) is 10.4. The number of benzene rings is 3. The summed E-state index contributed by atoms with van der Waals surface area (Å²) >= 11 is 0. The molecule has 3 aromatic carbocycles. The molecule has 0 N–H and O–H groups in total. The van der Waals surface area contributed by atoms with E-state index < -0.39 is 0 Å². The van der Waals surface area contributed by atoms with Crippen LogP contribution in [0, 0.1) is 0 Å². The zero-order valence-electron chi connectivity index (χ0n) is 11.8. The zero-order chi connectivity index (χ0) is 14.3. The summed E-state index contributed by atoms with van der Waals surface area (Å²) in [6, 6.07) is 31.1. The molecule has 0 bridgehead atoms. The molecule has 1 radical (unpaired) electrons. The predicted molar refractivity (Wildman–Crippen MR) is 88.4 cm³/mol. The molecule has 0 atom stereocenters. The van der Waals surface area contributed by atoms with E-state index in [4.69, 9.17) is 4.99 Å². The maximum atomic E-state index is 4.85. The lowest BCUT2D eigenvalue weighted by molar-refractivity contribution is 0.963. The number of hydrogen-bond donors (Lipinski definition) is 0. The quantitative estimate of drug-likeness (QED) is 0.635. The van der Waals surface area contributed by atoms with Gasteiger partial charge in [-0.05, 0) is 24.3 Å². The van der Waals surface area contributed by atoms with Gasteiger partial charge in [-0.25, -0.2) is 0 Å². The molecule has 0 aliphatic rings. The summed E-state index contributed by atoms with van der Waals surface area (Å²) in [5.74, 6) is 0. The lowest BCUT2D eigenvalue weighted by Crippen LogP contribution is -2.11. The zero-order valence-corrected chi connectivity index (χ0v) is 11.8. The Kier molecular flexibility index (Phi) is 4.23. The van der Waals surface area contributed by atoms with Gasteiger partial charge in [0.25, 0.3) is 5.71 Å². The van der Waals surface area contributed by atoms with Crippen molar-refractivity contribution in [1.82, 2.24) is 4.99 Å². The van der Waals surface area contributed by atoms with Gasteiger partial charge in [-0.1, -0.05) is 66.7 Å². The predicted octanol–water partition coefficient (Wildman–Crippen LogP) is 4.06. The molecule has 0 aromatic heterocycles. The van der Waals surface area contributed by atoms with Crippen LogP contribution in [-0.2, 0) is 6.54 Å². The van der Waals surface area contributed by atoms with Gasteiger partial charge in [0, 0.05) is 10.6 Å². The van der Waals surface area contributed by atoms with Gasteiger partial charge in [-0.3, -0.25) is 0 Å². The lowest BCUT2D eigenvalue weighted by atomic mass is 10.0. The van der Waals surface area contributed by atoms with Crippen LogP contribution in [0.2, 0.25) is 0 Å². The van der Waals surface area contributed by atoms with E-state index in [-0.39, 0.29) is 0 Å². The number of aliphatic imine (C=N–C) groups is 1. The van der Waals surface area contributed by atoms with Crippen LogP contribution in [0.5, 0.6) is 0 Å². The Morgan fingerprint density at radius 3 is 1.48 bits per heavy atom. The Balaban J connectivity index is 1.97. The highest BCUT2D eigenvalue weighted by molar-refractivity contribution is 6.12. The number of nitrogens with zero attached hydrogens (tertiary/aromatic N) is 1. The first-order valence-corrected chi connectivity index (χ1v) is 7.13. The molecule has 0 fully saturated rings. The average molecular weight is 271 g/mol. The van der Waals surface area contributed by atoms with Crippen molar-refractivity contribution in [2.45, 2.75) is 6.54 Å². The SMILES string of the molecule is c1ccc(C[N+]=C(c2ccccc2)c2ccccc2)cc1. The van der Waals surface area contributed by atoms with Crippen molar-refractivity contribution in [3.05, 3.63) is 108 Å². The van der Waals surface area contributed by atoms with E-state index >= 15 is 0 Å². The molecule has 1 nitrogen and oxygen atoms in total. The van der Waals surface area contributed by atoms with Gasteiger partial charge in [0.15, 0.2) is 0 Å². The third-order valence-electron chi connectivity index (χ3n) is 3.36. The third-order valence-corrected chi connectivity index (χ3v) is 3.36. The largest absolute Gasteiger partial charge is 0.284 e. The Morgan fingerprint density at radius 2 is 1.00 bits per heavy atom. The van der Waals surface area contributed by atoms with E-state index in [0.29, 0.717) is 6.54 Å². The highest BCUT2D eigenvalue weighted by Crippen LogP contribution is 2.09. The first-order valence-electron chi connectivity index (χ1n) is 7.13. The smallest absolute Gasteiger partial charge is 0.0622 e. The van der Waals surface area contributed by atoms with Gasteiger partial charge in [0.2, 0.25) is 6.54 Å². The minimum Gasteiger partial charge on any atom is -0.0622 e. The minimum atomic E-state index is 0.694. The molecule has 21 heavy (non-hydrogen) atoms. The van der Waals surface area contributed by atoms with Gasteiger partial charge in [-0.2, -0.15) is 0 Å². The molecular weight excluding hydrogens is 254 g/mol. The van der Waals surface area contributed by atoms with Crippen LogP contribution in [-0.4, -0.2) is 5.71 Å². The summed E-state index contributed by atoms with van der Waals surface area (Å²) in [5, 5.41) is 0. The van der Waals surface area contributed by atoms with Gasteiger partial charge >= 0.3 is 0 Å². The van der Waals surface area contributed by atoms with Crippen molar-refractivity contribution in [1.29, 1.82) is 0 Å². The summed E-state index contributed by atoms with van der Waals surface area (Å²) < 4.78 is 0. The van der Waals surface area contributed by atoms with Crippen LogP contribution in [0.4, 0.5) is 0 Å². The first kappa shape index (κ1) is 13.3. The Bertz CT molecular complexity index is 659. The van der Waals surface area contributed by atoms with Crippen molar-refractivity contribution >= 4 is 5.71 Å². The van der Waals surface area contributed by atoms with E-state index in [9.17, 15) is 0 Å². The van der Waals surface area contributed by atoms with Crippen molar-refractivity contribution < 1.29 is 0 Å². The average Bonchev–Trinajstić information content (AvgIpc) is 2.58. The van der Waals surface area contributed by atoms with Crippen molar-refractivity contribution in [3.63, 3.8) is 0 Å². The van der Waals surface area contributed by atoms with Crippen LogP contribution in [0.15, 0.2) is 91.0 Å². The molecule has 0 aliphatic heterocycles. The van der Waals surface area contributed by atoms with Gasteiger partial charge < -0.3 is 0 Å². The van der Waals surface area contributed by atoms with Crippen molar-refractivity contribution in [3.8, 4) is 0 Å². The fraction of sp³-hybridized carbons (Fsp3) is 0.0500. The normalized spacial score (nSPS) is 10.1. The molecule has 0 saturated heterocycles. The van der Waals surface area contributed by atoms with Crippen LogP contribution < -0.4 is 4.99 Å². The Morgan fingerprint density at radius 1 is 0.571 bits per heavy atom. The molecule has 3 rings (SSSR count). The van der Waals surface area contributed by atoms with Crippen LogP contribution >= 0.6 is 0 Å². The summed E-state index contributed by atoms with van der Waals surface area (Å²) in [4.78, 5) is 4.85. The molecule has 0 saturated carbocycles. The molecule has 101 valence electrons. The van der Waals surface area contributed by atoms with Gasteiger partial charge in [0.05, 0.1) is 11.1 Å². The fourth-order valence-electron chi connectivity index (χ4n) is 2.30. The highest BCUT2D eigenvalue weighted by Gasteiger charge is 2.16. The van der Waals surface area contributed by atoms with E-state index in [0.717, 1.165) is 16.8 Å². The van der Waals surface area contributed by atoms with E-state index in [1.807, 2.05) is 18.2 Å². The summed E-state index contributed by atoms with van der Waals surface area (Å²) in [7, 11) is 0. The Labute approximate surface area is 125 Å². The van der Waals surface area contributed by atoms with E-state index in [1.54, 1.807) is 0 Å². The maximum absolute atomic E-state index is 4.85. The van der Waals surface area contributed by atoms with Gasteiger partial charge in [0.1, 0.15) is 0 Å². The van der Waals surface area contributed by atoms with Crippen LogP contribution in [0.3, 0.4) is 0 Å². The second-order valence-corrected chi connectivity index (χ2v) is 4.88. The summed E-state index contributed by atoms with van der Waals surface area (Å²) in [6.45, 7) is 0.694. The second kappa shape index (κ2) is 6.67. The Hall–Kier alpha value is -2.67. The summed E-state index contributed by atoms with van der Waals surface area (Å²) in [5.41, 5.74) is 4.57. The highest BCUT2D eigenvalue weighted by atomic mass is 14.7. The van der Waals surface area contributed by atoms with Crippen molar-refractivity contribution in [2.75, 3.05) is 0 Å². The molecule has 0 amide bonds. The fourth-order valence-corrected chi connectivity index (χ4v) is 2.30. The van der Waals surface area contributed by atoms with E-state index in [1.165, 1.54) is 5.56 Å². The standard InChI is InChI=1S/C20H17N/c1-4-10-17(11-5-1)16-21-20(18-12-6-2-7-13-18)19-14-8-3-9-15-19/h1-15H,16H2/q+1. The molecule has 0 unspecified atom stereocenters. The third kappa shape index (κ3) is 3.46. The molecule has 0 spiro atoms. The molecular formula is C20H17N+. The van der Waals surface area contributed by atoms with Crippen LogP contribution in [0.25, 0.3) is 0 Å². The second-order valence-electron chi connectivity index (χ2n) is 4.88. The van der Waals surface area contributed by atoms with Crippen molar-refractivity contribution in [2.24, 2.45) is 0 Å². The molecule has 1 heteroatoms.